The molecule has 0 aromatic heterocycles. The minimum absolute atomic E-state index is 0.145. The Hall–Kier alpha value is -2.13. The van der Waals surface area contributed by atoms with Gasteiger partial charge in [0.1, 0.15) is 4.32 Å². The van der Waals surface area contributed by atoms with Crippen LogP contribution in [0.2, 0.25) is 0 Å². The van der Waals surface area contributed by atoms with Crippen LogP contribution in [-0.4, -0.2) is 27.4 Å². The number of carbonyl (C=O) groups is 1. The Morgan fingerprint density at radius 1 is 1.55 bits per heavy atom. The highest BCUT2D eigenvalue weighted by Gasteiger charge is 2.27. The number of nitrogens with one attached hydrogen (secondary N) is 1. The average Bonchev–Trinajstić information content (AvgIpc) is 2.69. The number of methoxy groups -OCH3 is 1. The van der Waals surface area contributed by atoms with Gasteiger partial charge in [0.25, 0.3) is 5.91 Å². The molecule has 2 rings (SSSR count). The molecule has 1 aliphatic rings. The molecule has 0 saturated carbocycles. The maximum absolute atomic E-state index is 11.6. The van der Waals surface area contributed by atoms with Gasteiger partial charge in [-0.2, -0.15) is 0 Å². The summed E-state index contributed by atoms with van der Waals surface area (Å²) >= 11 is 5.85. The van der Waals surface area contributed by atoms with E-state index in [0.29, 0.717) is 0 Å². The summed E-state index contributed by atoms with van der Waals surface area (Å²) in [6.45, 7) is 0. The van der Waals surface area contributed by atoms with E-state index in [-0.39, 0.29) is 26.3 Å². The fourth-order valence-electron chi connectivity index (χ4n) is 1.64. The van der Waals surface area contributed by atoms with Gasteiger partial charge in [0, 0.05) is 0 Å². The number of carbonyl (C=O) groups excluding carboxylic acids is 1. The third kappa shape index (κ3) is 2.58. The van der Waals surface area contributed by atoms with Crippen LogP contribution in [0.1, 0.15) is 5.56 Å². The van der Waals surface area contributed by atoms with Crippen molar-refractivity contribution in [2.24, 2.45) is 0 Å². The second-order valence-corrected chi connectivity index (χ2v) is 5.38. The molecule has 0 unspecified atom stereocenters. The van der Waals surface area contributed by atoms with Crippen LogP contribution in [0.25, 0.3) is 6.08 Å². The lowest BCUT2D eigenvalue weighted by molar-refractivity contribution is -0.386. The number of rotatable bonds is 3. The van der Waals surface area contributed by atoms with Gasteiger partial charge in [-0.05, 0) is 18.2 Å². The highest BCUT2D eigenvalue weighted by molar-refractivity contribution is 8.26. The summed E-state index contributed by atoms with van der Waals surface area (Å²) in [4.78, 5) is 22.2. The predicted octanol–water partition coefficient (Wildman–Crippen LogP) is 1.80. The number of ether oxygens (including phenoxy) is 1. The molecule has 1 aromatic rings. The van der Waals surface area contributed by atoms with Crippen molar-refractivity contribution in [3.63, 3.8) is 0 Å². The van der Waals surface area contributed by atoms with E-state index in [1.54, 1.807) is 0 Å². The van der Waals surface area contributed by atoms with Crippen molar-refractivity contribution in [3.8, 4) is 11.5 Å². The van der Waals surface area contributed by atoms with Crippen LogP contribution in [0.15, 0.2) is 17.0 Å². The van der Waals surface area contributed by atoms with Gasteiger partial charge in [0.05, 0.1) is 22.5 Å². The molecule has 0 atom stereocenters. The summed E-state index contributed by atoms with van der Waals surface area (Å²) in [5.41, 5.74) is -0.266. The first kappa shape index (κ1) is 14.3. The molecular weight excluding hydrogens is 304 g/mol. The molecule has 7 nitrogen and oxygen atoms in total. The molecule has 1 amide bonds. The molecule has 1 saturated heterocycles. The van der Waals surface area contributed by atoms with Gasteiger partial charge in [0.2, 0.25) is 5.75 Å². The third-order valence-corrected chi connectivity index (χ3v) is 3.62. The highest BCUT2D eigenvalue weighted by Crippen LogP contribution is 2.40. The second-order valence-electron chi connectivity index (χ2n) is 3.67. The minimum Gasteiger partial charge on any atom is -0.504 e. The zero-order valence-corrected chi connectivity index (χ0v) is 11.7. The topological polar surface area (TPSA) is 102 Å². The van der Waals surface area contributed by atoms with Crippen LogP contribution in [0.5, 0.6) is 11.5 Å². The van der Waals surface area contributed by atoms with Crippen LogP contribution in [-0.2, 0) is 4.79 Å². The van der Waals surface area contributed by atoms with E-state index >= 15 is 0 Å². The van der Waals surface area contributed by atoms with Gasteiger partial charge in [0.15, 0.2) is 5.75 Å². The van der Waals surface area contributed by atoms with Gasteiger partial charge in [-0.3, -0.25) is 14.9 Å². The number of amides is 1. The summed E-state index contributed by atoms with van der Waals surface area (Å²) in [6.07, 6.45) is 1.33. The van der Waals surface area contributed by atoms with E-state index in [1.165, 1.54) is 25.3 Å². The first-order valence-corrected chi connectivity index (χ1v) is 6.45. The largest absolute Gasteiger partial charge is 0.504 e. The van der Waals surface area contributed by atoms with Crippen LogP contribution in [0.3, 0.4) is 0 Å². The molecule has 9 heteroatoms. The zero-order valence-electron chi connectivity index (χ0n) is 10.1. The van der Waals surface area contributed by atoms with Crippen molar-refractivity contribution in [1.29, 1.82) is 0 Å². The quantitative estimate of drug-likeness (QED) is 0.380. The predicted molar refractivity (Wildman–Crippen MR) is 77.6 cm³/mol. The van der Waals surface area contributed by atoms with Crippen molar-refractivity contribution in [2.75, 3.05) is 7.11 Å². The van der Waals surface area contributed by atoms with Gasteiger partial charge < -0.3 is 15.2 Å². The van der Waals surface area contributed by atoms with Crippen molar-refractivity contribution >= 4 is 46.0 Å². The number of nitro groups is 1. The summed E-state index contributed by atoms with van der Waals surface area (Å²) in [6, 6.07) is 2.59. The lowest BCUT2D eigenvalue weighted by Crippen LogP contribution is -2.17. The number of hydrogen-bond donors (Lipinski definition) is 2. The van der Waals surface area contributed by atoms with E-state index in [0.717, 1.165) is 11.8 Å². The van der Waals surface area contributed by atoms with Gasteiger partial charge in [-0.15, -0.1) is 0 Å². The first-order chi connectivity index (χ1) is 9.43. The molecule has 1 aliphatic heterocycles. The molecule has 1 aromatic carbocycles. The van der Waals surface area contributed by atoms with Crippen LogP contribution >= 0.6 is 24.0 Å². The Kier molecular flexibility index (Phi) is 3.91. The Bertz CT molecular complexity index is 656. The number of aromatic hydroxyl groups is 1. The standard InChI is InChI=1S/C11H8N2O5S2/c1-18-9-6(14)3-2-5(8(9)13(16)17)4-7-10(15)12-11(19)20-7/h2-4,14H,1H3,(H,12,15,19)/b7-4+. The number of phenols is 1. The van der Waals surface area contributed by atoms with Gasteiger partial charge in [-0.1, -0.05) is 24.0 Å². The molecule has 0 radical (unpaired) electrons. The number of nitro benzene ring substituents is 1. The number of benzene rings is 1. The lowest BCUT2D eigenvalue weighted by atomic mass is 10.1. The van der Waals surface area contributed by atoms with E-state index in [9.17, 15) is 20.0 Å². The number of nitrogens with zero attached hydrogens (tertiary/aromatic N) is 1. The molecule has 1 heterocycles. The fraction of sp³-hybridized carbons (Fsp3) is 0.0909. The Morgan fingerprint density at radius 2 is 2.25 bits per heavy atom. The number of phenolic OH excluding ortho intramolecular Hbond substituents is 1. The van der Waals surface area contributed by atoms with Crippen molar-refractivity contribution in [3.05, 3.63) is 32.7 Å². The summed E-state index contributed by atoms with van der Waals surface area (Å²) < 4.78 is 5.12. The average molecular weight is 312 g/mol. The molecule has 2 N–H and O–H groups in total. The monoisotopic (exact) mass is 312 g/mol. The summed E-state index contributed by atoms with van der Waals surface area (Å²) in [7, 11) is 1.21. The van der Waals surface area contributed by atoms with Crippen LogP contribution in [0.4, 0.5) is 5.69 Å². The smallest absolute Gasteiger partial charge is 0.322 e. The van der Waals surface area contributed by atoms with E-state index < -0.39 is 16.5 Å². The van der Waals surface area contributed by atoms with E-state index in [1.807, 2.05) is 0 Å². The molecule has 0 spiro atoms. The molecule has 0 bridgehead atoms. The molecular formula is C11H8N2O5S2. The number of thiocarbonyl (C=S) groups is 1. The van der Waals surface area contributed by atoms with Crippen molar-refractivity contribution < 1.29 is 19.6 Å². The summed E-state index contributed by atoms with van der Waals surface area (Å²) in [5.74, 6) is -1.02. The third-order valence-electron chi connectivity index (χ3n) is 2.46. The summed E-state index contributed by atoms with van der Waals surface area (Å²) in [5, 5.41) is 23.1. The van der Waals surface area contributed by atoms with E-state index in [4.69, 9.17) is 17.0 Å². The Morgan fingerprint density at radius 3 is 2.75 bits per heavy atom. The lowest BCUT2D eigenvalue weighted by Gasteiger charge is -2.06. The minimum atomic E-state index is -0.680. The maximum atomic E-state index is 11.6. The molecule has 0 aliphatic carbocycles. The van der Waals surface area contributed by atoms with Crippen molar-refractivity contribution in [2.45, 2.75) is 0 Å². The SMILES string of the molecule is COc1c(O)ccc(/C=C2/SC(=S)NC2=O)c1[N+](=O)[O-]. The normalized spacial score (nSPS) is 16.4. The molecule has 104 valence electrons. The molecule has 1 fully saturated rings. The maximum Gasteiger partial charge on any atom is 0.322 e. The van der Waals surface area contributed by atoms with Crippen molar-refractivity contribution in [1.82, 2.24) is 5.32 Å². The van der Waals surface area contributed by atoms with E-state index in [2.05, 4.69) is 5.32 Å². The second kappa shape index (κ2) is 5.47. The Labute approximate surface area is 122 Å². The number of hydrogen-bond acceptors (Lipinski definition) is 7. The first-order valence-electron chi connectivity index (χ1n) is 5.23. The zero-order chi connectivity index (χ0) is 14.9. The van der Waals surface area contributed by atoms with Crippen LogP contribution < -0.4 is 10.1 Å². The van der Waals surface area contributed by atoms with Crippen LogP contribution in [0, 0.1) is 10.1 Å². The van der Waals surface area contributed by atoms with Gasteiger partial charge in [-0.25, -0.2) is 0 Å². The fourth-order valence-corrected chi connectivity index (χ4v) is 2.68. The number of thioether (sulfide) groups is 1. The Balaban J connectivity index is 2.58. The molecule has 20 heavy (non-hydrogen) atoms. The van der Waals surface area contributed by atoms with Gasteiger partial charge >= 0.3 is 5.69 Å². The highest BCUT2D eigenvalue weighted by atomic mass is 32.2.